The molecule has 3 rings (SSSR count). The van der Waals surface area contributed by atoms with E-state index in [0.717, 1.165) is 30.0 Å². The van der Waals surface area contributed by atoms with Gasteiger partial charge in [0.25, 0.3) is 0 Å². The van der Waals surface area contributed by atoms with Gasteiger partial charge in [-0.25, -0.2) is 8.42 Å². The molecule has 8 heteroatoms. The van der Waals surface area contributed by atoms with Crippen LogP contribution in [-0.2, 0) is 14.8 Å². The minimum absolute atomic E-state index is 0.0852. The van der Waals surface area contributed by atoms with Crippen molar-refractivity contribution in [1.82, 2.24) is 5.32 Å². The third-order valence-electron chi connectivity index (χ3n) is 4.60. The number of fused-ring (bicyclic) bond motifs is 1. The molecule has 0 aromatic heterocycles. The molecule has 7 nitrogen and oxygen atoms in total. The van der Waals surface area contributed by atoms with Gasteiger partial charge in [0.2, 0.25) is 22.7 Å². The summed E-state index contributed by atoms with van der Waals surface area (Å²) in [4.78, 5) is 12.4. The maximum Gasteiger partial charge on any atom is 0.240 e. The standard InChI is InChI=1S/C17H24N2O5S/c1-2-25(21,22)19(11-17(20)18-13-6-4-3-5-7-13)14-8-9-15-16(10-14)24-12-23-15/h8-10,13H,2-7,11-12H2,1H3,(H,18,20). The lowest BCUT2D eigenvalue weighted by Crippen LogP contribution is -2.45. The normalized spacial score (nSPS) is 17.3. The first-order chi connectivity index (χ1) is 12.0. The topological polar surface area (TPSA) is 84.9 Å². The van der Waals surface area contributed by atoms with Crippen LogP contribution in [0.1, 0.15) is 39.0 Å². The van der Waals surface area contributed by atoms with Crippen LogP contribution in [0.4, 0.5) is 5.69 Å². The van der Waals surface area contributed by atoms with Gasteiger partial charge >= 0.3 is 0 Å². The van der Waals surface area contributed by atoms with Crippen LogP contribution in [0.5, 0.6) is 11.5 Å². The van der Waals surface area contributed by atoms with Crippen molar-refractivity contribution in [2.45, 2.75) is 45.1 Å². The van der Waals surface area contributed by atoms with E-state index >= 15 is 0 Å². The van der Waals surface area contributed by atoms with Crippen molar-refractivity contribution in [3.63, 3.8) is 0 Å². The van der Waals surface area contributed by atoms with Crippen molar-refractivity contribution in [3.05, 3.63) is 18.2 Å². The third kappa shape index (κ3) is 4.18. The molecule has 1 heterocycles. The molecule has 0 spiro atoms. The summed E-state index contributed by atoms with van der Waals surface area (Å²) in [5, 5.41) is 2.97. The number of nitrogens with zero attached hydrogens (tertiary/aromatic N) is 1. The summed E-state index contributed by atoms with van der Waals surface area (Å²) in [6, 6.07) is 5.04. The zero-order chi connectivity index (χ0) is 17.9. The Bertz CT molecular complexity index is 729. The Labute approximate surface area is 148 Å². The number of rotatable bonds is 6. The zero-order valence-corrected chi connectivity index (χ0v) is 15.2. The number of nitrogens with one attached hydrogen (secondary N) is 1. The van der Waals surface area contributed by atoms with Crippen LogP contribution < -0.4 is 19.1 Å². The molecule has 0 atom stereocenters. The van der Waals surface area contributed by atoms with Crippen LogP contribution in [-0.4, -0.2) is 39.5 Å². The molecule has 1 aliphatic carbocycles. The van der Waals surface area contributed by atoms with Crippen LogP contribution in [0.25, 0.3) is 0 Å². The van der Waals surface area contributed by atoms with Gasteiger partial charge in [0.15, 0.2) is 11.5 Å². The van der Waals surface area contributed by atoms with Crippen molar-refractivity contribution in [2.24, 2.45) is 0 Å². The number of sulfonamides is 1. The first-order valence-corrected chi connectivity index (χ1v) is 10.3. The first kappa shape index (κ1) is 17.8. The van der Waals surface area contributed by atoms with Crippen LogP contribution in [0.2, 0.25) is 0 Å². The molecular weight excluding hydrogens is 344 g/mol. The SMILES string of the molecule is CCS(=O)(=O)N(CC(=O)NC1CCCCC1)c1ccc2c(c1)OCO2. The monoisotopic (exact) mass is 368 g/mol. The van der Waals surface area contributed by atoms with Crippen molar-refractivity contribution in [2.75, 3.05) is 23.4 Å². The van der Waals surface area contributed by atoms with E-state index in [4.69, 9.17) is 9.47 Å². The van der Waals surface area contributed by atoms with Gasteiger partial charge in [-0.05, 0) is 31.9 Å². The Morgan fingerprint density at radius 1 is 1.20 bits per heavy atom. The Kier molecular flexibility index (Phi) is 5.36. The minimum Gasteiger partial charge on any atom is -0.454 e. The summed E-state index contributed by atoms with van der Waals surface area (Å²) >= 11 is 0. The lowest BCUT2D eigenvalue weighted by Gasteiger charge is -2.26. The highest BCUT2D eigenvalue weighted by Crippen LogP contribution is 2.36. The van der Waals surface area contributed by atoms with Gasteiger partial charge in [0.05, 0.1) is 11.4 Å². The number of benzene rings is 1. The minimum atomic E-state index is -3.59. The summed E-state index contributed by atoms with van der Waals surface area (Å²) < 4.78 is 36.7. The fraction of sp³-hybridized carbons (Fsp3) is 0.588. The Morgan fingerprint density at radius 3 is 2.64 bits per heavy atom. The molecular formula is C17H24N2O5S. The van der Waals surface area contributed by atoms with Crippen LogP contribution in [0, 0.1) is 0 Å². The van der Waals surface area contributed by atoms with Gasteiger partial charge in [-0.15, -0.1) is 0 Å². The number of hydrogen-bond acceptors (Lipinski definition) is 5. The maximum atomic E-state index is 12.5. The third-order valence-corrected chi connectivity index (χ3v) is 6.34. The second-order valence-electron chi connectivity index (χ2n) is 6.35. The second-order valence-corrected chi connectivity index (χ2v) is 8.53. The number of anilines is 1. The summed E-state index contributed by atoms with van der Waals surface area (Å²) in [5.41, 5.74) is 0.407. The van der Waals surface area contributed by atoms with Crippen LogP contribution >= 0.6 is 0 Å². The first-order valence-electron chi connectivity index (χ1n) is 8.69. The van der Waals surface area contributed by atoms with Crippen molar-refractivity contribution in [3.8, 4) is 11.5 Å². The fourth-order valence-electron chi connectivity index (χ4n) is 3.20. The quantitative estimate of drug-likeness (QED) is 0.830. The molecule has 0 unspecified atom stereocenters. The zero-order valence-electron chi connectivity index (χ0n) is 14.4. The molecule has 1 saturated carbocycles. The molecule has 0 radical (unpaired) electrons. The number of carbonyl (C=O) groups excluding carboxylic acids is 1. The van der Waals surface area contributed by atoms with Gasteiger partial charge < -0.3 is 14.8 Å². The van der Waals surface area contributed by atoms with Crippen molar-refractivity contribution < 1.29 is 22.7 Å². The lowest BCUT2D eigenvalue weighted by molar-refractivity contribution is -0.120. The molecule has 1 aromatic rings. The predicted molar refractivity (Wildman–Crippen MR) is 94.4 cm³/mol. The van der Waals surface area contributed by atoms with Crippen molar-refractivity contribution >= 4 is 21.6 Å². The molecule has 0 bridgehead atoms. The summed E-state index contributed by atoms with van der Waals surface area (Å²) in [6.07, 6.45) is 5.31. The molecule has 1 aliphatic heterocycles. The highest BCUT2D eigenvalue weighted by Gasteiger charge is 2.26. The van der Waals surface area contributed by atoms with Gasteiger partial charge in [-0.1, -0.05) is 19.3 Å². The second kappa shape index (κ2) is 7.51. The van der Waals surface area contributed by atoms with Gasteiger partial charge in [-0.3, -0.25) is 9.10 Å². The number of hydrogen-bond donors (Lipinski definition) is 1. The fourth-order valence-corrected chi connectivity index (χ4v) is 4.26. The molecule has 1 aromatic carbocycles. The highest BCUT2D eigenvalue weighted by molar-refractivity contribution is 7.92. The highest BCUT2D eigenvalue weighted by atomic mass is 32.2. The van der Waals surface area contributed by atoms with E-state index in [1.807, 2.05) is 0 Å². The number of carbonyl (C=O) groups is 1. The molecule has 138 valence electrons. The predicted octanol–water partition coefficient (Wildman–Crippen LogP) is 2.02. The van der Waals surface area contributed by atoms with E-state index in [9.17, 15) is 13.2 Å². The molecule has 1 fully saturated rings. The summed E-state index contributed by atoms with van der Waals surface area (Å²) in [5.74, 6) is 0.699. The van der Waals surface area contributed by atoms with E-state index in [2.05, 4.69) is 5.32 Å². The molecule has 1 N–H and O–H groups in total. The van der Waals surface area contributed by atoms with Gasteiger partial charge in [-0.2, -0.15) is 0 Å². The van der Waals surface area contributed by atoms with Crippen LogP contribution in [0.3, 0.4) is 0 Å². The lowest BCUT2D eigenvalue weighted by atomic mass is 9.95. The maximum absolute atomic E-state index is 12.5. The summed E-state index contributed by atoms with van der Waals surface area (Å²) in [6.45, 7) is 1.45. The molecule has 25 heavy (non-hydrogen) atoms. The van der Waals surface area contributed by atoms with Crippen LogP contribution in [0.15, 0.2) is 18.2 Å². The van der Waals surface area contributed by atoms with E-state index in [1.165, 1.54) is 6.42 Å². The van der Waals surface area contributed by atoms with Gasteiger partial charge in [0.1, 0.15) is 6.54 Å². The number of amides is 1. The van der Waals surface area contributed by atoms with Gasteiger partial charge in [0, 0.05) is 12.1 Å². The van der Waals surface area contributed by atoms with E-state index in [0.29, 0.717) is 17.2 Å². The average Bonchev–Trinajstić information content (AvgIpc) is 3.08. The van der Waals surface area contributed by atoms with E-state index in [-0.39, 0.29) is 31.0 Å². The summed E-state index contributed by atoms with van der Waals surface area (Å²) in [7, 11) is -3.59. The molecule has 0 saturated heterocycles. The number of ether oxygens (including phenoxy) is 2. The van der Waals surface area contributed by atoms with E-state index in [1.54, 1.807) is 25.1 Å². The largest absolute Gasteiger partial charge is 0.454 e. The molecule has 2 aliphatic rings. The Hall–Kier alpha value is -1.96. The Balaban J connectivity index is 1.77. The van der Waals surface area contributed by atoms with Crippen molar-refractivity contribution in [1.29, 1.82) is 0 Å². The smallest absolute Gasteiger partial charge is 0.240 e. The molecule has 1 amide bonds. The average molecular weight is 368 g/mol. The van der Waals surface area contributed by atoms with E-state index < -0.39 is 10.0 Å². The Morgan fingerprint density at radius 2 is 1.92 bits per heavy atom.